The van der Waals surface area contributed by atoms with Crippen molar-refractivity contribution < 1.29 is 19.5 Å². The van der Waals surface area contributed by atoms with E-state index in [4.69, 9.17) is 10.8 Å². The van der Waals surface area contributed by atoms with Gasteiger partial charge in [-0.1, -0.05) is 0 Å². The number of carboxylic acid groups (broad SMARTS) is 1. The summed E-state index contributed by atoms with van der Waals surface area (Å²) in [6.07, 6.45) is 2.15. The van der Waals surface area contributed by atoms with Crippen molar-refractivity contribution in [2.75, 3.05) is 13.1 Å². The second-order valence-electron chi connectivity index (χ2n) is 6.60. The van der Waals surface area contributed by atoms with Crippen LogP contribution < -0.4 is 11.1 Å². The van der Waals surface area contributed by atoms with Gasteiger partial charge in [-0.3, -0.25) is 14.4 Å². The van der Waals surface area contributed by atoms with Gasteiger partial charge in [-0.25, -0.2) is 0 Å². The van der Waals surface area contributed by atoms with Gasteiger partial charge in [-0.05, 0) is 32.6 Å². The van der Waals surface area contributed by atoms with Gasteiger partial charge >= 0.3 is 5.97 Å². The Bertz CT molecular complexity index is 473. The maximum atomic E-state index is 12.1. The summed E-state index contributed by atoms with van der Waals surface area (Å²) >= 11 is 0. The molecule has 0 aromatic rings. The topological polar surface area (TPSA) is 113 Å². The molecule has 4 N–H and O–H groups in total. The first-order valence-corrected chi connectivity index (χ1v) is 7.25. The molecule has 126 valence electrons. The van der Waals surface area contributed by atoms with Crippen molar-refractivity contribution in [3.63, 3.8) is 0 Å². The molecule has 2 atom stereocenters. The van der Waals surface area contributed by atoms with Crippen LogP contribution in [-0.2, 0) is 14.4 Å². The lowest BCUT2D eigenvalue weighted by atomic mass is 9.80. The first-order chi connectivity index (χ1) is 9.65. The van der Waals surface area contributed by atoms with Crippen molar-refractivity contribution in [2.45, 2.75) is 50.6 Å². The number of nitrogens with zero attached hydrogens (tertiary/aromatic N) is 1. The minimum absolute atomic E-state index is 0. The zero-order valence-electron chi connectivity index (χ0n) is 12.9. The van der Waals surface area contributed by atoms with Crippen molar-refractivity contribution in [3.8, 4) is 0 Å². The second-order valence-corrected chi connectivity index (χ2v) is 6.60. The third-order valence-corrected chi connectivity index (χ3v) is 4.72. The molecule has 0 bridgehead atoms. The molecule has 8 heteroatoms. The third kappa shape index (κ3) is 3.70. The summed E-state index contributed by atoms with van der Waals surface area (Å²) in [6.45, 7) is 4.23. The largest absolute Gasteiger partial charge is 0.480 e. The van der Waals surface area contributed by atoms with Gasteiger partial charge in [0.1, 0.15) is 5.54 Å². The number of hydrogen-bond acceptors (Lipinski definition) is 4. The molecule has 0 saturated carbocycles. The number of carboxylic acids is 1. The first kappa shape index (κ1) is 18.7. The molecule has 0 aromatic carbocycles. The lowest BCUT2D eigenvalue weighted by molar-refractivity contribution is -0.143. The molecule has 0 aromatic heterocycles. The van der Waals surface area contributed by atoms with Crippen LogP contribution in [0.2, 0.25) is 0 Å². The van der Waals surface area contributed by atoms with Crippen LogP contribution in [0.5, 0.6) is 0 Å². The lowest BCUT2D eigenvalue weighted by Crippen LogP contribution is -2.51. The van der Waals surface area contributed by atoms with Gasteiger partial charge in [0.15, 0.2) is 0 Å². The number of aliphatic carboxylic acids is 1. The SMILES string of the molecule is CC(=O)N1CCC2(CC1)C[C@H](C[C@](C)(N)C(=O)O)C(=O)N2.Cl. The third-order valence-electron chi connectivity index (χ3n) is 4.72. The molecule has 2 heterocycles. The van der Waals surface area contributed by atoms with E-state index in [2.05, 4.69) is 5.32 Å². The summed E-state index contributed by atoms with van der Waals surface area (Å²) in [5.41, 5.74) is 4.05. The number of halogens is 1. The highest BCUT2D eigenvalue weighted by Gasteiger charge is 2.48. The van der Waals surface area contributed by atoms with Crippen molar-refractivity contribution in [1.29, 1.82) is 0 Å². The Balaban J connectivity index is 0.00000242. The smallest absolute Gasteiger partial charge is 0.323 e. The van der Waals surface area contributed by atoms with Crippen molar-refractivity contribution >= 4 is 30.2 Å². The van der Waals surface area contributed by atoms with E-state index in [1.54, 1.807) is 11.8 Å². The molecule has 2 aliphatic heterocycles. The summed E-state index contributed by atoms with van der Waals surface area (Å²) in [5.74, 6) is -1.54. The van der Waals surface area contributed by atoms with Crippen LogP contribution >= 0.6 is 12.4 Å². The van der Waals surface area contributed by atoms with Crippen LogP contribution in [0, 0.1) is 5.92 Å². The summed E-state index contributed by atoms with van der Waals surface area (Å²) in [7, 11) is 0. The Morgan fingerprint density at radius 3 is 2.45 bits per heavy atom. The first-order valence-electron chi connectivity index (χ1n) is 7.25. The molecule has 22 heavy (non-hydrogen) atoms. The van der Waals surface area contributed by atoms with Gasteiger partial charge in [-0.2, -0.15) is 0 Å². The minimum atomic E-state index is -1.40. The number of carbonyl (C=O) groups excluding carboxylic acids is 2. The average Bonchev–Trinajstić information content (AvgIpc) is 2.65. The number of piperidine rings is 1. The molecule has 2 saturated heterocycles. The van der Waals surface area contributed by atoms with E-state index in [-0.39, 0.29) is 42.1 Å². The van der Waals surface area contributed by atoms with E-state index in [0.717, 1.165) is 0 Å². The summed E-state index contributed by atoms with van der Waals surface area (Å²) in [5, 5.41) is 12.1. The Morgan fingerprint density at radius 2 is 2.00 bits per heavy atom. The average molecular weight is 334 g/mol. The van der Waals surface area contributed by atoms with Crippen LogP contribution in [0.1, 0.15) is 39.5 Å². The molecule has 2 fully saturated rings. The summed E-state index contributed by atoms with van der Waals surface area (Å²) in [4.78, 5) is 36.3. The lowest BCUT2D eigenvalue weighted by Gasteiger charge is -2.39. The maximum absolute atomic E-state index is 12.1. The van der Waals surface area contributed by atoms with Gasteiger partial charge in [0.25, 0.3) is 0 Å². The van der Waals surface area contributed by atoms with Gasteiger partial charge < -0.3 is 21.1 Å². The molecule has 7 nitrogen and oxygen atoms in total. The number of amides is 2. The second kappa shape index (κ2) is 6.42. The van der Waals surface area contributed by atoms with Gasteiger partial charge in [-0.15, -0.1) is 12.4 Å². The zero-order chi connectivity index (χ0) is 15.8. The quantitative estimate of drug-likeness (QED) is 0.679. The predicted molar refractivity (Wildman–Crippen MR) is 82.6 cm³/mol. The summed E-state index contributed by atoms with van der Waals surface area (Å²) in [6, 6.07) is 0. The molecular formula is C14H24ClN3O4. The molecule has 0 radical (unpaired) electrons. The van der Waals surface area contributed by atoms with Gasteiger partial charge in [0.05, 0.1) is 0 Å². The minimum Gasteiger partial charge on any atom is -0.480 e. The molecule has 2 rings (SSSR count). The summed E-state index contributed by atoms with van der Waals surface area (Å²) < 4.78 is 0. The number of rotatable bonds is 3. The zero-order valence-corrected chi connectivity index (χ0v) is 13.7. The fourth-order valence-corrected chi connectivity index (χ4v) is 3.32. The molecule has 0 unspecified atom stereocenters. The van der Waals surface area contributed by atoms with Crippen LogP contribution in [0.15, 0.2) is 0 Å². The van der Waals surface area contributed by atoms with Crippen molar-refractivity contribution in [3.05, 3.63) is 0 Å². The van der Waals surface area contributed by atoms with E-state index in [1.807, 2.05) is 0 Å². The van der Waals surface area contributed by atoms with Crippen LogP contribution in [0.25, 0.3) is 0 Å². The number of likely N-dealkylation sites (tertiary alicyclic amines) is 1. The fraction of sp³-hybridized carbons (Fsp3) is 0.786. The highest BCUT2D eigenvalue weighted by molar-refractivity contribution is 5.85. The standard InChI is InChI=1S/C14H23N3O4.ClH/c1-9(18)17-5-3-14(4-6-17)8-10(11(19)16-14)7-13(2,15)12(20)21;/h10H,3-8,15H2,1-2H3,(H,16,19)(H,20,21);1H/t10-,13-;/m0./s1. The number of carbonyl (C=O) groups is 3. The van der Waals surface area contributed by atoms with Gasteiger partial charge in [0, 0.05) is 31.5 Å². The Morgan fingerprint density at radius 1 is 1.45 bits per heavy atom. The highest BCUT2D eigenvalue weighted by atomic mass is 35.5. The molecule has 2 aliphatic rings. The van der Waals surface area contributed by atoms with Gasteiger partial charge in [0.2, 0.25) is 11.8 Å². The number of hydrogen-bond donors (Lipinski definition) is 3. The fourth-order valence-electron chi connectivity index (χ4n) is 3.32. The Hall–Kier alpha value is -1.34. The molecular weight excluding hydrogens is 310 g/mol. The Kier molecular flexibility index (Phi) is 5.46. The monoisotopic (exact) mass is 333 g/mol. The van der Waals surface area contributed by atoms with Crippen molar-refractivity contribution in [2.24, 2.45) is 11.7 Å². The van der Waals surface area contributed by atoms with Crippen LogP contribution in [0.3, 0.4) is 0 Å². The normalized spacial score (nSPS) is 26.0. The van der Waals surface area contributed by atoms with E-state index in [0.29, 0.717) is 32.4 Å². The number of nitrogens with one attached hydrogen (secondary N) is 1. The van der Waals surface area contributed by atoms with E-state index < -0.39 is 11.5 Å². The molecule has 0 aliphatic carbocycles. The van der Waals surface area contributed by atoms with E-state index in [1.165, 1.54) is 6.92 Å². The van der Waals surface area contributed by atoms with Crippen LogP contribution in [-0.4, -0.2) is 52.0 Å². The maximum Gasteiger partial charge on any atom is 0.323 e. The highest BCUT2D eigenvalue weighted by Crippen LogP contribution is 2.37. The molecule has 2 amide bonds. The predicted octanol–water partition coefficient (Wildman–Crippen LogP) is 0.118. The van der Waals surface area contributed by atoms with Crippen LogP contribution in [0.4, 0.5) is 0 Å². The van der Waals surface area contributed by atoms with E-state index >= 15 is 0 Å². The van der Waals surface area contributed by atoms with E-state index in [9.17, 15) is 14.4 Å². The van der Waals surface area contributed by atoms with Crippen molar-refractivity contribution in [1.82, 2.24) is 10.2 Å². The molecule has 1 spiro atoms. The Labute approximate surface area is 136 Å². The number of nitrogens with two attached hydrogens (primary N) is 1.